The van der Waals surface area contributed by atoms with Crippen molar-refractivity contribution in [3.8, 4) is 0 Å². The highest BCUT2D eigenvalue weighted by Crippen LogP contribution is 2.29. The van der Waals surface area contributed by atoms with Crippen LogP contribution in [0, 0.1) is 5.41 Å². The molecular formula is C14H20BrN3O. The summed E-state index contributed by atoms with van der Waals surface area (Å²) in [5, 5.41) is 3.05. The van der Waals surface area contributed by atoms with Gasteiger partial charge in [0.05, 0.1) is 0 Å². The lowest BCUT2D eigenvalue weighted by molar-refractivity contribution is 0.0891. The molecular weight excluding hydrogens is 306 g/mol. The van der Waals surface area contributed by atoms with Crippen molar-refractivity contribution < 1.29 is 4.79 Å². The molecule has 1 saturated heterocycles. The molecule has 1 aliphatic heterocycles. The number of carbonyl (C=O) groups excluding carboxylic acids is 1. The minimum Gasteiger partial charge on any atom is -0.351 e. The molecule has 0 bridgehead atoms. The van der Waals surface area contributed by atoms with Crippen LogP contribution in [-0.2, 0) is 0 Å². The van der Waals surface area contributed by atoms with Gasteiger partial charge in [-0.3, -0.25) is 4.79 Å². The number of pyridine rings is 1. The summed E-state index contributed by atoms with van der Waals surface area (Å²) >= 11 is 3.28. The van der Waals surface area contributed by atoms with E-state index in [2.05, 4.69) is 45.1 Å². The molecule has 0 saturated carbocycles. The van der Waals surface area contributed by atoms with Crippen LogP contribution in [0.25, 0.3) is 0 Å². The van der Waals surface area contributed by atoms with E-state index in [0.717, 1.165) is 32.5 Å². The maximum atomic E-state index is 12.1. The van der Waals surface area contributed by atoms with Gasteiger partial charge in [0.2, 0.25) is 0 Å². The lowest BCUT2D eigenvalue weighted by atomic mass is 9.80. The van der Waals surface area contributed by atoms with Gasteiger partial charge in [-0.05, 0) is 66.5 Å². The van der Waals surface area contributed by atoms with Crippen molar-refractivity contribution in [1.29, 1.82) is 0 Å². The van der Waals surface area contributed by atoms with Gasteiger partial charge in [0.1, 0.15) is 4.60 Å². The normalized spacial score (nSPS) is 19.1. The number of amides is 1. The lowest BCUT2D eigenvalue weighted by Gasteiger charge is -2.37. The number of hydrogen-bond acceptors (Lipinski definition) is 3. The summed E-state index contributed by atoms with van der Waals surface area (Å²) in [6.07, 6.45) is 3.89. The van der Waals surface area contributed by atoms with Crippen molar-refractivity contribution in [3.63, 3.8) is 0 Å². The van der Waals surface area contributed by atoms with Crippen LogP contribution in [0.2, 0.25) is 0 Å². The van der Waals surface area contributed by atoms with E-state index >= 15 is 0 Å². The number of rotatable bonds is 3. The number of piperidine rings is 1. The van der Waals surface area contributed by atoms with Gasteiger partial charge in [-0.15, -0.1) is 0 Å². The van der Waals surface area contributed by atoms with Crippen LogP contribution in [0.5, 0.6) is 0 Å². The molecule has 0 aromatic carbocycles. The van der Waals surface area contributed by atoms with Gasteiger partial charge in [0.15, 0.2) is 0 Å². The first kappa shape index (κ1) is 14.5. The zero-order chi connectivity index (χ0) is 13.9. The van der Waals surface area contributed by atoms with Gasteiger partial charge in [-0.2, -0.15) is 0 Å². The molecule has 0 spiro atoms. The second-order valence-corrected chi connectivity index (χ2v) is 6.48. The number of halogens is 1. The third-order valence-corrected chi connectivity index (χ3v) is 4.29. The van der Waals surface area contributed by atoms with Crippen molar-refractivity contribution in [3.05, 3.63) is 28.5 Å². The number of carbonyl (C=O) groups is 1. The van der Waals surface area contributed by atoms with E-state index in [-0.39, 0.29) is 11.3 Å². The second-order valence-electron chi connectivity index (χ2n) is 5.66. The van der Waals surface area contributed by atoms with E-state index in [9.17, 15) is 4.79 Å². The van der Waals surface area contributed by atoms with Crippen LogP contribution in [0.3, 0.4) is 0 Å². The number of nitrogens with zero attached hydrogens (tertiary/aromatic N) is 2. The van der Waals surface area contributed by atoms with Crippen molar-refractivity contribution in [2.45, 2.75) is 19.8 Å². The Balaban J connectivity index is 1.90. The molecule has 4 nitrogen and oxygen atoms in total. The van der Waals surface area contributed by atoms with Crippen LogP contribution in [-0.4, -0.2) is 42.5 Å². The van der Waals surface area contributed by atoms with Crippen molar-refractivity contribution in [2.24, 2.45) is 5.41 Å². The highest BCUT2D eigenvalue weighted by atomic mass is 79.9. The summed E-state index contributed by atoms with van der Waals surface area (Å²) in [6, 6.07) is 3.48. The molecule has 104 valence electrons. The Morgan fingerprint density at radius 2 is 2.21 bits per heavy atom. The highest BCUT2D eigenvalue weighted by Gasteiger charge is 2.29. The van der Waals surface area contributed by atoms with E-state index in [1.54, 1.807) is 18.3 Å². The fourth-order valence-corrected chi connectivity index (χ4v) is 2.64. The van der Waals surface area contributed by atoms with Crippen LogP contribution in [0.4, 0.5) is 0 Å². The topological polar surface area (TPSA) is 45.2 Å². The molecule has 0 unspecified atom stereocenters. The summed E-state index contributed by atoms with van der Waals surface area (Å²) in [5.74, 6) is -0.0248. The molecule has 1 N–H and O–H groups in total. The summed E-state index contributed by atoms with van der Waals surface area (Å²) in [4.78, 5) is 18.4. The Morgan fingerprint density at radius 3 is 2.84 bits per heavy atom. The molecule has 0 aliphatic carbocycles. The monoisotopic (exact) mass is 325 g/mol. The van der Waals surface area contributed by atoms with Crippen LogP contribution in [0.1, 0.15) is 30.1 Å². The number of likely N-dealkylation sites (tertiary alicyclic amines) is 1. The summed E-state index contributed by atoms with van der Waals surface area (Å²) in [6.45, 7) is 5.20. The first-order valence-electron chi connectivity index (χ1n) is 6.57. The Hall–Kier alpha value is -0.940. The highest BCUT2D eigenvalue weighted by molar-refractivity contribution is 9.10. The third-order valence-electron chi connectivity index (χ3n) is 3.86. The molecule has 2 heterocycles. The molecule has 0 atom stereocenters. The Kier molecular flexibility index (Phi) is 4.58. The standard InChI is InChI=1S/C14H20BrN3O/c1-14(4-7-18(2)8-5-14)10-17-13(19)11-3-6-16-12(15)9-11/h3,6,9H,4-5,7-8,10H2,1-2H3,(H,17,19). The maximum Gasteiger partial charge on any atom is 0.251 e. The van der Waals surface area contributed by atoms with Crippen LogP contribution >= 0.6 is 15.9 Å². The molecule has 1 fully saturated rings. The minimum atomic E-state index is -0.0248. The minimum absolute atomic E-state index is 0.0248. The van der Waals surface area contributed by atoms with Gasteiger partial charge in [0, 0.05) is 18.3 Å². The van der Waals surface area contributed by atoms with Crippen LogP contribution in [0.15, 0.2) is 22.9 Å². The van der Waals surface area contributed by atoms with Gasteiger partial charge < -0.3 is 10.2 Å². The van der Waals surface area contributed by atoms with Gasteiger partial charge in [-0.25, -0.2) is 4.98 Å². The Bertz CT molecular complexity index is 456. The first-order chi connectivity index (χ1) is 8.98. The van der Waals surface area contributed by atoms with E-state index in [1.165, 1.54) is 0 Å². The van der Waals surface area contributed by atoms with Gasteiger partial charge in [0.25, 0.3) is 5.91 Å². The van der Waals surface area contributed by atoms with Gasteiger partial charge >= 0.3 is 0 Å². The fourth-order valence-electron chi connectivity index (χ4n) is 2.27. The molecule has 19 heavy (non-hydrogen) atoms. The van der Waals surface area contributed by atoms with E-state index in [0.29, 0.717) is 10.2 Å². The number of aromatic nitrogens is 1. The Labute approximate surface area is 122 Å². The predicted molar refractivity (Wildman–Crippen MR) is 79.1 cm³/mol. The molecule has 1 aromatic rings. The average molecular weight is 326 g/mol. The summed E-state index contributed by atoms with van der Waals surface area (Å²) < 4.78 is 0.686. The van der Waals surface area contributed by atoms with E-state index < -0.39 is 0 Å². The molecule has 1 aliphatic rings. The fraction of sp³-hybridized carbons (Fsp3) is 0.571. The number of nitrogens with one attached hydrogen (secondary N) is 1. The maximum absolute atomic E-state index is 12.1. The molecule has 1 aromatic heterocycles. The molecule has 5 heteroatoms. The van der Waals surface area contributed by atoms with Crippen molar-refractivity contribution in [2.75, 3.05) is 26.7 Å². The largest absolute Gasteiger partial charge is 0.351 e. The zero-order valence-electron chi connectivity index (χ0n) is 11.4. The second kappa shape index (κ2) is 6.01. The summed E-state index contributed by atoms with van der Waals surface area (Å²) in [5.41, 5.74) is 0.866. The smallest absolute Gasteiger partial charge is 0.251 e. The number of hydrogen-bond donors (Lipinski definition) is 1. The van der Waals surface area contributed by atoms with Crippen LogP contribution < -0.4 is 5.32 Å². The van der Waals surface area contributed by atoms with E-state index in [1.807, 2.05) is 0 Å². The molecule has 0 radical (unpaired) electrons. The SMILES string of the molecule is CN1CCC(C)(CNC(=O)c2ccnc(Br)c2)CC1. The lowest BCUT2D eigenvalue weighted by Crippen LogP contribution is -2.43. The van der Waals surface area contributed by atoms with Gasteiger partial charge in [-0.1, -0.05) is 6.92 Å². The zero-order valence-corrected chi connectivity index (χ0v) is 13.0. The molecule has 1 amide bonds. The quantitative estimate of drug-likeness (QED) is 0.867. The van der Waals surface area contributed by atoms with E-state index in [4.69, 9.17) is 0 Å². The average Bonchev–Trinajstić information content (AvgIpc) is 2.40. The van der Waals surface area contributed by atoms with Crippen molar-refractivity contribution >= 4 is 21.8 Å². The predicted octanol–water partition coefficient (Wildman–Crippen LogP) is 2.31. The third kappa shape index (κ3) is 4.01. The first-order valence-corrected chi connectivity index (χ1v) is 7.36. The molecule has 2 rings (SSSR count). The van der Waals surface area contributed by atoms with Crippen molar-refractivity contribution in [1.82, 2.24) is 15.2 Å². The summed E-state index contributed by atoms with van der Waals surface area (Å²) in [7, 11) is 2.15. The Morgan fingerprint density at radius 1 is 1.53 bits per heavy atom.